The quantitative estimate of drug-likeness (QED) is 0.572. The van der Waals surface area contributed by atoms with Crippen LogP contribution in [-0.4, -0.2) is 35.0 Å². The molecule has 0 bridgehead atoms. The number of fused-ring (bicyclic) bond motifs is 1. The second-order valence-corrected chi connectivity index (χ2v) is 10.8. The average molecular weight is 480 g/mol. The minimum absolute atomic E-state index is 0.0936. The van der Waals surface area contributed by atoms with Gasteiger partial charge in [0, 0.05) is 11.4 Å². The third-order valence-electron chi connectivity index (χ3n) is 6.07. The van der Waals surface area contributed by atoms with E-state index < -0.39 is 33.2 Å². The first-order chi connectivity index (χ1) is 15.4. The number of hydrogen-bond acceptors (Lipinski definition) is 6. The van der Waals surface area contributed by atoms with E-state index in [1.54, 1.807) is 38.1 Å². The molecule has 0 spiro atoms. The third kappa shape index (κ3) is 4.96. The molecular formula is C23H24F3N3O3S. The van der Waals surface area contributed by atoms with Crippen LogP contribution >= 0.6 is 0 Å². The molecule has 1 fully saturated rings. The Morgan fingerprint density at radius 2 is 1.79 bits per heavy atom. The van der Waals surface area contributed by atoms with Gasteiger partial charge in [0.1, 0.15) is 11.6 Å². The topological polar surface area (TPSA) is 92.2 Å². The summed E-state index contributed by atoms with van der Waals surface area (Å²) in [5.74, 6) is 0.723. The van der Waals surface area contributed by atoms with Gasteiger partial charge in [-0.2, -0.15) is 13.2 Å². The van der Waals surface area contributed by atoms with Crippen molar-refractivity contribution in [1.82, 2.24) is 9.97 Å². The number of alkyl halides is 3. The summed E-state index contributed by atoms with van der Waals surface area (Å²) in [4.78, 5) is 8.87. The van der Waals surface area contributed by atoms with Crippen LogP contribution in [0.2, 0.25) is 0 Å². The van der Waals surface area contributed by atoms with E-state index in [9.17, 15) is 26.7 Å². The molecule has 0 radical (unpaired) electrons. The van der Waals surface area contributed by atoms with Crippen LogP contribution in [0, 0.1) is 6.92 Å². The van der Waals surface area contributed by atoms with E-state index in [0.717, 1.165) is 12.1 Å². The number of anilines is 1. The Morgan fingerprint density at radius 3 is 2.45 bits per heavy atom. The molecule has 3 aromatic rings. The molecule has 4 rings (SSSR count). The molecular weight excluding hydrogens is 455 g/mol. The summed E-state index contributed by atoms with van der Waals surface area (Å²) >= 11 is 0. The summed E-state index contributed by atoms with van der Waals surface area (Å²) < 4.78 is 63.0. The van der Waals surface area contributed by atoms with E-state index >= 15 is 0 Å². The number of aliphatic hydroxyl groups is 1. The average Bonchev–Trinajstić information content (AvgIpc) is 2.75. The van der Waals surface area contributed by atoms with Gasteiger partial charge in [-0.05, 0) is 62.1 Å². The predicted molar refractivity (Wildman–Crippen MR) is 120 cm³/mol. The molecule has 2 aromatic carbocycles. The lowest BCUT2D eigenvalue weighted by atomic mass is 9.87. The fourth-order valence-electron chi connectivity index (χ4n) is 4.08. The van der Waals surface area contributed by atoms with Gasteiger partial charge in [0.05, 0.1) is 28.2 Å². The summed E-state index contributed by atoms with van der Waals surface area (Å²) in [6.45, 7) is 3.45. The summed E-state index contributed by atoms with van der Waals surface area (Å²) in [7, 11) is -3.16. The molecule has 1 atom stereocenters. The van der Waals surface area contributed by atoms with Crippen LogP contribution in [0.5, 0.6) is 0 Å². The summed E-state index contributed by atoms with van der Waals surface area (Å²) in [6, 6.07) is 9.81. The summed E-state index contributed by atoms with van der Waals surface area (Å²) in [6.07, 6.45) is -4.25. The maximum absolute atomic E-state index is 13.1. The van der Waals surface area contributed by atoms with Crippen molar-refractivity contribution in [3.8, 4) is 0 Å². The van der Waals surface area contributed by atoms with Crippen molar-refractivity contribution in [1.29, 1.82) is 0 Å². The van der Waals surface area contributed by atoms with Gasteiger partial charge in [-0.15, -0.1) is 0 Å². The molecule has 2 heterocycles. The first kappa shape index (κ1) is 23.4. The molecule has 33 heavy (non-hydrogen) atoms. The number of aryl methyl sites for hydroxylation is 1. The molecule has 1 aliphatic heterocycles. The Kier molecular flexibility index (Phi) is 5.86. The first-order valence-corrected chi connectivity index (χ1v) is 12.3. The molecule has 6 nitrogen and oxygen atoms in total. The Hall–Kier alpha value is -2.72. The van der Waals surface area contributed by atoms with Crippen molar-refractivity contribution >= 4 is 26.6 Å². The van der Waals surface area contributed by atoms with Crippen LogP contribution in [-0.2, 0) is 21.6 Å². The molecule has 176 valence electrons. The zero-order valence-electron chi connectivity index (χ0n) is 18.1. The fraction of sp³-hybridized carbons (Fsp3) is 0.391. The predicted octanol–water partition coefficient (Wildman–Crippen LogP) is 4.53. The number of nitrogens with zero attached hydrogens (tertiary/aromatic N) is 2. The zero-order valence-corrected chi connectivity index (χ0v) is 19.0. The van der Waals surface area contributed by atoms with Gasteiger partial charge in [0.25, 0.3) is 0 Å². The number of aromatic nitrogens is 2. The van der Waals surface area contributed by atoms with E-state index in [1.165, 1.54) is 6.07 Å². The lowest BCUT2D eigenvalue weighted by Gasteiger charge is -2.32. The highest BCUT2D eigenvalue weighted by atomic mass is 32.2. The van der Waals surface area contributed by atoms with Crippen LogP contribution in [0.15, 0.2) is 42.5 Å². The monoisotopic (exact) mass is 479 g/mol. The van der Waals surface area contributed by atoms with E-state index in [4.69, 9.17) is 0 Å². The highest BCUT2D eigenvalue weighted by Crippen LogP contribution is 2.37. The lowest BCUT2D eigenvalue weighted by molar-refractivity contribution is -0.137. The Balaban J connectivity index is 1.70. The molecule has 0 unspecified atom stereocenters. The van der Waals surface area contributed by atoms with Gasteiger partial charge in [-0.1, -0.05) is 18.2 Å². The maximum atomic E-state index is 13.1. The molecule has 0 amide bonds. The zero-order chi connectivity index (χ0) is 24.0. The fourth-order valence-corrected chi connectivity index (χ4v) is 5.58. The third-order valence-corrected chi connectivity index (χ3v) is 7.72. The van der Waals surface area contributed by atoms with Crippen molar-refractivity contribution < 1.29 is 26.7 Å². The summed E-state index contributed by atoms with van der Waals surface area (Å²) in [5, 5.41) is 14.9. The van der Waals surface area contributed by atoms with Crippen LogP contribution in [0.1, 0.15) is 48.3 Å². The number of benzene rings is 2. The van der Waals surface area contributed by atoms with Crippen LogP contribution in [0.3, 0.4) is 0 Å². The molecule has 0 saturated carbocycles. The first-order valence-electron chi connectivity index (χ1n) is 10.5. The van der Waals surface area contributed by atoms with Crippen LogP contribution < -0.4 is 5.32 Å². The van der Waals surface area contributed by atoms with Gasteiger partial charge in [-0.3, -0.25) is 0 Å². The smallest absolute Gasteiger partial charge is 0.385 e. The molecule has 2 N–H and O–H groups in total. The van der Waals surface area contributed by atoms with Gasteiger partial charge in [0.15, 0.2) is 9.84 Å². The Labute approximate surface area is 189 Å². The Morgan fingerprint density at radius 1 is 1.09 bits per heavy atom. The maximum Gasteiger partial charge on any atom is 0.416 e. The van der Waals surface area contributed by atoms with Gasteiger partial charge in [-0.25, -0.2) is 18.4 Å². The number of sulfone groups is 1. The van der Waals surface area contributed by atoms with E-state index in [-0.39, 0.29) is 24.3 Å². The van der Waals surface area contributed by atoms with E-state index in [2.05, 4.69) is 15.3 Å². The summed E-state index contributed by atoms with van der Waals surface area (Å²) in [5.41, 5.74) is -0.395. The van der Waals surface area contributed by atoms with Crippen molar-refractivity contribution in [2.24, 2.45) is 0 Å². The lowest BCUT2D eigenvalue weighted by Crippen LogP contribution is -2.36. The number of nitrogens with one attached hydrogen (secondary N) is 1. The largest absolute Gasteiger partial charge is 0.416 e. The minimum Gasteiger partial charge on any atom is -0.385 e. The van der Waals surface area contributed by atoms with Gasteiger partial charge in [0.2, 0.25) is 0 Å². The SMILES string of the molecule is Cc1nc(N[C@H](C)c2cccc(C(F)(F)F)c2)c2cc(C3(O)CCS(=O)(=O)CC3)ccc2n1. The number of halogens is 3. The van der Waals surface area contributed by atoms with Crippen LogP contribution in [0.25, 0.3) is 10.9 Å². The highest BCUT2D eigenvalue weighted by molar-refractivity contribution is 7.91. The highest BCUT2D eigenvalue weighted by Gasteiger charge is 2.37. The molecule has 1 saturated heterocycles. The standard InChI is InChI=1S/C23H24F3N3O3S/c1-14(16-4-3-5-18(12-16)23(24,25)26)27-21-19-13-17(6-7-20(19)28-15(2)29-21)22(30)8-10-33(31,32)11-9-22/h3-7,12-14,30H,8-11H2,1-2H3,(H,27,28,29)/t14-/m1/s1. The van der Waals surface area contributed by atoms with Gasteiger partial charge < -0.3 is 10.4 Å². The minimum atomic E-state index is -4.44. The Bertz CT molecular complexity index is 1300. The number of rotatable bonds is 4. The van der Waals surface area contributed by atoms with Crippen LogP contribution in [0.4, 0.5) is 19.0 Å². The van der Waals surface area contributed by atoms with Crippen molar-refractivity contribution in [2.75, 3.05) is 16.8 Å². The number of hydrogen-bond donors (Lipinski definition) is 2. The van der Waals surface area contributed by atoms with Crippen molar-refractivity contribution in [3.63, 3.8) is 0 Å². The normalized spacial score (nSPS) is 18.7. The molecule has 1 aliphatic rings. The van der Waals surface area contributed by atoms with Crippen molar-refractivity contribution in [2.45, 2.75) is 44.5 Å². The van der Waals surface area contributed by atoms with E-state index in [1.807, 2.05) is 0 Å². The molecule has 1 aromatic heterocycles. The van der Waals surface area contributed by atoms with Gasteiger partial charge >= 0.3 is 6.18 Å². The second kappa shape index (κ2) is 8.25. The molecule has 0 aliphatic carbocycles. The van der Waals surface area contributed by atoms with Crippen molar-refractivity contribution in [3.05, 3.63) is 65.0 Å². The van der Waals surface area contributed by atoms with E-state index in [0.29, 0.717) is 33.7 Å². The second-order valence-electron chi connectivity index (χ2n) is 8.52. The molecule has 10 heteroatoms.